The highest BCUT2D eigenvalue weighted by Crippen LogP contribution is 2.13. The van der Waals surface area contributed by atoms with E-state index in [4.69, 9.17) is 9.47 Å². The number of carbonyl (C=O) groups is 2. The van der Waals surface area contributed by atoms with Crippen LogP contribution in [-0.2, 0) is 14.3 Å². The average molecular weight is 414 g/mol. The largest absolute Gasteiger partial charge is 0.464 e. The highest BCUT2D eigenvalue weighted by Gasteiger charge is 2.14. The topological polar surface area (TPSA) is 64.6 Å². The van der Waals surface area contributed by atoms with Crippen molar-refractivity contribution in [2.24, 2.45) is 5.41 Å². The molecule has 0 heterocycles. The molecule has 0 radical (unpaired) electrons. The third-order valence-corrected chi connectivity index (χ3v) is 4.77. The van der Waals surface area contributed by atoms with Crippen LogP contribution in [0.25, 0.3) is 0 Å². The zero-order chi connectivity index (χ0) is 21.8. The second-order valence-electron chi connectivity index (χ2n) is 9.31. The van der Waals surface area contributed by atoms with E-state index in [1.807, 2.05) is 20.8 Å². The number of esters is 1. The van der Waals surface area contributed by atoms with Crippen molar-refractivity contribution in [1.29, 1.82) is 0 Å². The minimum atomic E-state index is -0.576. The molecule has 0 fully saturated rings. The highest BCUT2D eigenvalue weighted by molar-refractivity contribution is 5.77. The molecule has 172 valence electrons. The fraction of sp³-hybridized carbons (Fsp3) is 0.917. The molecule has 1 N–H and O–H groups in total. The molecule has 0 aromatic carbocycles. The molecule has 0 saturated carbocycles. The zero-order valence-corrected chi connectivity index (χ0v) is 19.7. The number of alkyl carbamates (subject to hydrolysis) is 1. The molecule has 1 amide bonds. The van der Waals surface area contributed by atoms with Gasteiger partial charge in [-0.25, -0.2) is 4.79 Å². The van der Waals surface area contributed by atoms with Crippen LogP contribution in [-0.4, -0.2) is 31.8 Å². The van der Waals surface area contributed by atoms with E-state index in [0.717, 1.165) is 12.8 Å². The molecule has 0 atom stereocenters. The van der Waals surface area contributed by atoms with E-state index in [1.54, 1.807) is 0 Å². The number of hydrogen-bond acceptors (Lipinski definition) is 4. The quantitative estimate of drug-likeness (QED) is 0.199. The summed E-state index contributed by atoms with van der Waals surface area (Å²) < 4.78 is 10.2. The maximum atomic E-state index is 11.6. The smallest absolute Gasteiger partial charge is 0.407 e. The normalized spacial score (nSPS) is 11.3. The number of hydrogen-bond donors (Lipinski definition) is 1. The molecular weight excluding hydrogens is 366 g/mol. The predicted octanol–water partition coefficient (Wildman–Crippen LogP) is 6.78. The van der Waals surface area contributed by atoms with Gasteiger partial charge in [0.2, 0.25) is 0 Å². The molecular formula is C24H47NO4. The second kappa shape index (κ2) is 18.7. The van der Waals surface area contributed by atoms with E-state index in [2.05, 4.69) is 12.2 Å². The second-order valence-corrected chi connectivity index (χ2v) is 9.31. The van der Waals surface area contributed by atoms with Gasteiger partial charge in [0.1, 0.15) is 6.54 Å². The molecule has 0 aliphatic carbocycles. The molecule has 5 nitrogen and oxygen atoms in total. The summed E-state index contributed by atoms with van der Waals surface area (Å²) in [4.78, 5) is 23.1. The minimum Gasteiger partial charge on any atom is -0.464 e. The lowest BCUT2D eigenvalue weighted by Crippen LogP contribution is -2.33. The Bertz CT molecular complexity index is 404. The molecule has 0 saturated heterocycles. The van der Waals surface area contributed by atoms with Crippen molar-refractivity contribution in [3.05, 3.63) is 0 Å². The van der Waals surface area contributed by atoms with Crippen LogP contribution in [0.1, 0.15) is 118 Å². The molecule has 0 unspecified atom stereocenters. The van der Waals surface area contributed by atoms with Gasteiger partial charge in [-0.1, -0.05) is 111 Å². The summed E-state index contributed by atoms with van der Waals surface area (Å²) in [6, 6.07) is 0. The van der Waals surface area contributed by atoms with Crippen molar-refractivity contribution in [2.75, 3.05) is 19.8 Å². The van der Waals surface area contributed by atoms with E-state index in [1.165, 1.54) is 77.0 Å². The summed E-state index contributed by atoms with van der Waals surface area (Å²) in [5.74, 6) is -0.410. The van der Waals surface area contributed by atoms with Gasteiger partial charge in [-0.15, -0.1) is 0 Å². The lowest BCUT2D eigenvalue weighted by molar-refractivity contribution is -0.142. The first-order valence-corrected chi connectivity index (χ1v) is 11.9. The van der Waals surface area contributed by atoms with Gasteiger partial charge in [0.05, 0.1) is 13.2 Å². The Morgan fingerprint density at radius 1 is 0.690 bits per heavy atom. The maximum Gasteiger partial charge on any atom is 0.407 e. The molecule has 0 aromatic rings. The summed E-state index contributed by atoms with van der Waals surface area (Å²) in [7, 11) is 0. The number of ether oxygens (including phenoxy) is 2. The van der Waals surface area contributed by atoms with E-state index in [0.29, 0.717) is 13.2 Å². The number of amides is 1. The Hall–Kier alpha value is -1.26. The first-order chi connectivity index (χ1) is 13.8. The Balaban J connectivity index is 3.30. The van der Waals surface area contributed by atoms with Gasteiger partial charge < -0.3 is 14.8 Å². The molecule has 0 aromatic heterocycles. The fourth-order valence-electron chi connectivity index (χ4n) is 3.01. The van der Waals surface area contributed by atoms with Crippen LogP contribution in [0.15, 0.2) is 0 Å². The van der Waals surface area contributed by atoms with Crippen molar-refractivity contribution in [3.8, 4) is 0 Å². The third-order valence-electron chi connectivity index (χ3n) is 4.77. The van der Waals surface area contributed by atoms with Gasteiger partial charge in [-0.05, 0) is 11.8 Å². The SMILES string of the molecule is CCCCCCCCCCCCCCCCOC(=O)CNC(=O)OCC(C)(C)C. The molecule has 0 spiro atoms. The number of unbranched alkanes of at least 4 members (excludes halogenated alkanes) is 13. The van der Waals surface area contributed by atoms with Crippen LogP contribution in [0.5, 0.6) is 0 Å². The van der Waals surface area contributed by atoms with Crippen LogP contribution >= 0.6 is 0 Å². The third kappa shape index (κ3) is 22.9. The van der Waals surface area contributed by atoms with Crippen molar-refractivity contribution >= 4 is 12.1 Å². The average Bonchev–Trinajstić information content (AvgIpc) is 2.67. The number of rotatable bonds is 18. The van der Waals surface area contributed by atoms with Gasteiger partial charge in [0, 0.05) is 0 Å². The predicted molar refractivity (Wildman–Crippen MR) is 120 cm³/mol. The molecule has 5 heteroatoms. The molecule has 29 heavy (non-hydrogen) atoms. The Morgan fingerprint density at radius 3 is 1.59 bits per heavy atom. The monoisotopic (exact) mass is 413 g/mol. The Kier molecular flexibility index (Phi) is 17.9. The lowest BCUT2D eigenvalue weighted by atomic mass is 9.99. The van der Waals surface area contributed by atoms with E-state index >= 15 is 0 Å². The zero-order valence-electron chi connectivity index (χ0n) is 19.7. The van der Waals surface area contributed by atoms with Crippen molar-refractivity contribution < 1.29 is 19.1 Å². The van der Waals surface area contributed by atoms with Crippen LogP contribution in [0.4, 0.5) is 4.79 Å². The highest BCUT2D eigenvalue weighted by atomic mass is 16.6. The fourth-order valence-corrected chi connectivity index (χ4v) is 3.01. The lowest BCUT2D eigenvalue weighted by Gasteiger charge is -2.17. The van der Waals surface area contributed by atoms with E-state index in [9.17, 15) is 9.59 Å². The Morgan fingerprint density at radius 2 is 1.14 bits per heavy atom. The van der Waals surface area contributed by atoms with Crippen molar-refractivity contribution in [2.45, 2.75) is 118 Å². The first kappa shape index (κ1) is 27.7. The minimum absolute atomic E-state index is 0.0915. The van der Waals surface area contributed by atoms with Gasteiger partial charge in [0.15, 0.2) is 0 Å². The van der Waals surface area contributed by atoms with Gasteiger partial charge >= 0.3 is 12.1 Å². The molecule has 0 rings (SSSR count). The van der Waals surface area contributed by atoms with Crippen LogP contribution in [0, 0.1) is 5.41 Å². The summed E-state index contributed by atoms with van der Waals surface area (Å²) in [6.07, 6.45) is 17.6. The molecule has 0 bridgehead atoms. The maximum absolute atomic E-state index is 11.6. The number of carbonyl (C=O) groups excluding carboxylic acids is 2. The molecule has 0 aliphatic rings. The van der Waals surface area contributed by atoms with Crippen molar-refractivity contribution in [3.63, 3.8) is 0 Å². The number of nitrogens with one attached hydrogen (secondary N) is 1. The summed E-state index contributed by atoms with van der Waals surface area (Å²) >= 11 is 0. The summed E-state index contributed by atoms with van der Waals surface area (Å²) in [6.45, 7) is 8.80. The van der Waals surface area contributed by atoms with Crippen LogP contribution in [0.2, 0.25) is 0 Å². The van der Waals surface area contributed by atoms with Crippen molar-refractivity contribution in [1.82, 2.24) is 5.32 Å². The summed E-state index contributed by atoms with van der Waals surface area (Å²) in [5, 5.41) is 2.42. The van der Waals surface area contributed by atoms with E-state index in [-0.39, 0.29) is 12.0 Å². The van der Waals surface area contributed by atoms with Crippen LogP contribution < -0.4 is 5.32 Å². The van der Waals surface area contributed by atoms with Gasteiger partial charge in [0.25, 0.3) is 0 Å². The van der Waals surface area contributed by atoms with E-state index < -0.39 is 12.1 Å². The Labute approximate surface area is 179 Å². The molecule has 0 aliphatic heterocycles. The van der Waals surface area contributed by atoms with Crippen LogP contribution in [0.3, 0.4) is 0 Å². The standard InChI is InChI=1S/C24H47NO4/c1-5-6-7-8-9-10-11-12-13-14-15-16-17-18-19-28-22(26)20-25-23(27)29-21-24(2,3)4/h5-21H2,1-4H3,(H,25,27). The van der Waals surface area contributed by atoms with Gasteiger partial charge in [-0.3, -0.25) is 4.79 Å². The van der Waals surface area contributed by atoms with Gasteiger partial charge in [-0.2, -0.15) is 0 Å². The first-order valence-electron chi connectivity index (χ1n) is 11.9. The summed E-state index contributed by atoms with van der Waals surface area (Å²) in [5.41, 5.74) is -0.0915.